The Morgan fingerprint density at radius 1 is 1.38 bits per heavy atom. The van der Waals surface area contributed by atoms with Crippen LogP contribution in [-0.4, -0.2) is 31.7 Å². The molecule has 0 aliphatic carbocycles. The molecule has 1 heteroatoms. The Morgan fingerprint density at radius 3 is 2.00 bits per heavy atom. The fraction of sp³-hybridized carbons (Fsp3) is 1.00. The van der Waals surface area contributed by atoms with E-state index in [4.69, 9.17) is 0 Å². The molecule has 1 heterocycles. The van der Waals surface area contributed by atoms with Crippen molar-refractivity contribution in [2.45, 2.75) is 13.3 Å². The van der Waals surface area contributed by atoms with Crippen LogP contribution in [-0.2, 0) is 0 Å². The van der Waals surface area contributed by atoms with Crippen molar-refractivity contribution >= 4 is 0 Å². The zero-order valence-electron chi connectivity index (χ0n) is 6.15. The lowest BCUT2D eigenvalue weighted by atomic mass is 9.96. The summed E-state index contributed by atoms with van der Waals surface area (Å²) in [6, 6.07) is 0. The summed E-state index contributed by atoms with van der Waals surface area (Å²) in [6.07, 6.45) is 1.38. The lowest BCUT2D eigenvalue weighted by Gasteiger charge is -2.44. The second-order valence-corrected chi connectivity index (χ2v) is 3.58. The van der Waals surface area contributed by atoms with Crippen molar-refractivity contribution < 1.29 is 4.48 Å². The maximum atomic E-state index is 2.30. The minimum absolute atomic E-state index is 1.03. The van der Waals surface area contributed by atoms with E-state index in [9.17, 15) is 0 Å². The Morgan fingerprint density at radius 2 is 1.88 bits per heavy atom. The van der Waals surface area contributed by atoms with Crippen molar-refractivity contribution in [3.63, 3.8) is 0 Å². The van der Waals surface area contributed by atoms with Crippen LogP contribution in [0, 0.1) is 5.92 Å². The highest BCUT2D eigenvalue weighted by atomic mass is 15.4. The maximum absolute atomic E-state index is 2.30. The Bertz CT molecular complexity index is 78.4. The molecule has 1 nitrogen and oxygen atoms in total. The highest BCUT2D eigenvalue weighted by molar-refractivity contribution is 4.63. The largest absolute Gasteiger partial charge is 0.328 e. The van der Waals surface area contributed by atoms with Gasteiger partial charge in [0, 0.05) is 0 Å². The van der Waals surface area contributed by atoms with Crippen LogP contribution in [0.15, 0.2) is 0 Å². The third kappa shape index (κ3) is 1.03. The SMILES string of the molecule is CCC1C[N+](C)(C)C1. The quantitative estimate of drug-likeness (QED) is 0.448. The van der Waals surface area contributed by atoms with Gasteiger partial charge in [-0.15, -0.1) is 0 Å². The molecule has 1 aliphatic heterocycles. The topological polar surface area (TPSA) is 0 Å². The molecule has 48 valence electrons. The normalized spacial score (nSPS) is 27.4. The number of hydrogen-bond donors (Lipinski definition) is 0. The van der Waals surface area contributed by atoms with Gasteiger partial charge in [0.25, 0.3) is 0 Å². The Balaban J connectivity index is 2.21. The maximum Gasteiger partial charge on any atom is 0.0865 e. The highest BCUT2D eigenvalue weighted by Gasteiger charge is 2.34. The van der Waals surface area contributed by atoms with E-state index in [1.807, 2.05) is 0 Å². The number of rotatable bonds is 1. The van der Waals surface area contributed by atoms with Crippen LogP contribution >= 0.6 is 0 Å². The number of hydrogen-bond acceptors (Lipinski definition) is 0. The van der Waals surface area contributed by atoms with Gasteiger partial charge in [-0.3, -0.25) is 0 Å². The summed E-state index contributed by atoms with van der Waals surface area (Å²) in [5, 5.41) is 0. The smallest absolute Gasteiger partial charge is 0.0865 e. The summed E-state index contributed by atoms with van der Waals surface area (Å²) in [7, 11) is 4.60. The minimum Gasteiger partial charge on any atom is -0.328 e. The molecule has 8 heavy (non-hydrogen) atoms. The van der Waals surface area contributed by atoms with Gasteiger partial charge >= 0.3 is 0 Å². The third-order valence-corrected chi connectivity index (χ3v) is 2.08. The Labute approximate surface area is 51.9 Å². The van der Waals surface area contributed by atoms with Crippen LogP contribution in [0.1, 0.15) is 13.3 Å². The van der Waals surface area contributed by atoms with Crippen LogP contribution < -0.4 is 0 Å². The van der Waals surface area contributed by atoms with Crippen molar-refractivity contribution in [3.05, 3.63) is 0 Å². The van der Waals surface area contributed by atoms with E-state index in [-0.39, 0.29) is 0 Å². The molecule has 1 aliphatic rings. The van der Waals surface area contributed by atoms with E-state index in [1.165, 1.54) is 24.0 Å². The van der Waals surface area contributed by atoms with Gasteiger partial charge in [0.1, 0.15) is 0 Å². The molecule has 1 fully saturated rings. The number of nitrogens with zero attached hydrogens (tertiary/aromatic N) is 1. The second-order valence-electron chi connectivity index (χ2n) is 3.58. The first-order valence-corrected chi connectivity index (χ1v) is 3.46. The predicted octanol–water partition coefficient (Wildman–Crippen LogP) is 1.10. The summed E-state index contributed by atoms with van der Waals surface area (Å²) in [6.45, 7) is 5.08. The van der Waals surface area contributed by atoms with Crippen molar-refractivity contribution in [1.82, 2.24) is 0 Å². The summed E-state index contributed by atoms with van der Waals surface area (Å²) in [5.74, 6) is 1.03. The molecular weight excluding hydrogens is 98.1 g/mol. The van der Waals surface area contributed by atoms with Gasteiger partial charge in [-0.05, 0) is 6.42 Å². The minimum atomic E-state index is 1.03. The average Bonchev–Trinajstić information content (AvgIpc) is 1.60. The van der Waals surface area contributed by atoms with Gasteiger partial charge in [0.05, 0.1) is 33.1 Å². The summed E-state index contributed by atoms with van der Waals surface area (Å²) < 4.78 is 1.25. The first kappa shape index (κ1) is 6.09. The average molecular weight is 114 g/mol. The van der Waals surface area contributed by atoms with Crippen molar-refractivity contribution in [3.8, 4) is 0 Å². The molecule has 0 aromatic rings. The Hall–Kier alpha value is -0.0400. The monoisotopic (exact) mass is 114 g/mol. The summed E-state index contributed by atoms with van der Waals surface area (Å²) >= 11 is 0. The molecule has 0 aromatic heterocycles. The second kappa shape index (κ2) is 1.73. The molecule has 0 bridgehead atoms. The highest BCUT2D eigenvalue weighted by Crippen LogP contribution is 2.22. The van der Waals surface area contributed by atoms with Crippen LogP contribution in [0.5, 0.6) is 0 Å². The lowest BCUT2D eigenvalue weighted by molar-refractivity contribution is -0.939. The molecular formula is C7H16N+. The Kier molecular flexibility index (Phi) is 1.31. The van der Waals surface area contributed by atoms with Gasteiger partial charge in [-0.25, -0.2) is 0 Å². The van der Waals surface area contributed by atoms with Crippen LogP contribution in [0.4, 0.5) is 0 Å². The summed E-state index contributed by atoms with van der Waals surface area (Å²) in [4.78, 5) is 0. The van der Waals surface area contributed by atoms with Gasteiger partial charge in [0.15, 0.2) is 0 Å². The fourth-order valence-electron chi connectivity index (χ4n) is 1.60. The number of likely N-dealkylation sites (tertiary alicyclic amines) is 1. The van der Waals surface area contributed by atoms with Crippen LogP contribution in [0.3, 0.4) is 0 Å². The van der Waals surface area contributed by atoms with Crippen molar-refractivity contribution in [2.75, 3.05) is 27.2 Å². The molecule has 0 saturated carbocycles. The first-order valence-electron chi connectivity index (χ1n) is 3.46. The molecule has 0 spiro atoms. The van der Waals surface area contributed by atoms with Crippen LogP contribution in [0.25, 0.3) is 0 Å². The summed E-state index contributed by atoms with van der Waals surface area (Å²) in [5.41, 5.74) is 0. The molecule has 0 aromatic carbocycles. The van der Waals surface area contributed by atoms with Gasteiger partial charge in [-0.1, -0.05) is 6.92 Å². The molecule has 0 unspecified atom stereocenters. The fourth-order valence-corrected chi connectivity index (χ4v) is 1.60. The van der Waals surface area contributed by atoms with E-state index >= 15 is 0 Å². The molecule has 1 saturated heterocycles. The first-order chi connectivity index (χ1) is 3.64. The molecule has 1 rings (SSSR count). The van der Waals surface area contributed by atoms with Gasteiger partial charge < -0.3 is 4.48 Å². The van der Waals surface area contributed by atoms with Crippen molar-refractivity contribution in [2.24, 2.45) is 5.92 Å². The molecule has 0 N–H and O–H groups in total. The zero-order valence-corrected chi connectivity index (χ0v) is 6.15. The van der Waals surface area contributed by atoms with Gasteiger partial charge in [-0.2, -0.15) is 0 Å². The molecule has 0 radical (unpaired) electrons. The van der Waals surface area contributed by atoms with Gasteiger partial charge in [0.2, 0.25) is 0 Å². The lowest BCUT2D eigenvalue weighted by Crippen LogP contribution is -2.57. The third-order valence-electron chi connectivity index (χ3n) is 2.08. The van der Waals surface area contributed by atoms with E-state index in [0.29, 0.717) is 0 Å². The van der Waals surface area contributed by atoms with E-state index < -0.39 is 0 Å². The predicted molar refractivity (Wildman–Crippen MR) is 35.6 cm³/mol. The van der Waals surface area contributed by atoms with E-state index in [2.05, 4.69) is 21.0 Å². The van der Waals surface area contributed by atoms with Crippen molar-refractivity contribution in [1.29, 1.82) is 0 Å². The van der Waals surface area contributed by atoms with E-state index in [0.717, 1.165) is 5.92 Å². The standard InChI is InChI=1S/C7H16N/c1-4-7-5-8(2,3)6-7/h7H,4-6H2,1-3H3/q+1. The zero-order chi connectivity index (χ0) is 6.20. The van der Waals surface area contributed by atoms with E-state index in [1.54, 1.807) is 0 Å². The molecule has 0 amide bonds. The molecule has 0 atom stereocenters. The van der Waals surface area contributed by atoms with Crippen LogP contribution in [0.2, 0.25) is 0 Å². The number of quaternary nitrogens is 1.